The van der Waals surface area contributed by atoms with Crippen molar-refractivity contribution in [1.82, 2.24) is 4.57 Å². The van der Waals surface area contributed by atoms with E-state index in [1.165, 1.54) is 0 Å². The highest BCUT2D eigenvalue weighted by Crippen LogP contribution is 2.51. The second-order valence-electron chi connectivity index (χ2n) is 8.65. The predicted octanol–water partition coefficient (Wildman–Crippen LogP) is 8.36. The van der Waals surface area contributed by atoms with Crippen LogP contribution >= 0.6 is 19.2 Å². The van der Waals surface area contributed by atoms with Gasteiger partial charge in [0.1, 0.15) is 5.44 Å². The summed E-state index contributed by atoms with van der Waals surface area (Å²) in [6.07, 6.45) is 0. The molecule has 0 radical (unpaired) electrons. The molecule has 0 N–H and O–H groups in total. The third-order valence-corrected chi connectivity index (χ3v) is 8.79. The Kier molecular flexibility index (Phi) is 7.64. The first kappa shape index (κ1) is 25.5. The molecule has 0 spiro atoms. The maximum Gasteiger partial charge on any atom is 0.378 e. The van der Waals surface area contributed by atoms with Crippen molar-refractivity contribution in [3.8, 4) is 5.69 Å². The molecule has 4 aromatic carbocycles. The average molecular weight is 530 g/mol. The molecule has 4 nitrogen and oxygen atoms in total. The van der Waals surface area contributed by atoms with Crippen LogP contribution in [0.3, 0.4) is 0 Å². The third-order valence-electron chi connectivity index (χ3n) is 6.38. The van der Waals surface area contributed by atoms with E-state index in [0.717, 1.165) is 33.3 Å². The van der Waals surface area contributed by atoms with E-state index in [4.69, 9.17) is 20.6 Å². The lowest BCUT2D eigenvalue weighted by molar-refractivity contribution is 0.229. The molecule has 0 saturated heterocycles. The van der Waals surface area contributed by atoms with Gasteiger partial charge in [-0.2, -0.15) is 0 Å². The summed E-state index contributed by atoms with van der Waals surface area (Å²) < 4.78 is 28.5. The highest BCUT2D eigenvalue weighted by molar-refractivity contribution is 7.62. The fourth-order valence-electron chi connectivity index (χ4n) is 4.96. The van der Waals surface area contributed by atoms with Gasteiger partial charge in [-0.3, -0.25) is 4.57 Å². The van der Waals surface area contributed by atoms with Gasteiger partial charge < -0.3 is 13.6 Å². The highest BCUT2D eigenvalue weighted by Gasteiger charge is 2.38. The van der Waals surface area contributed by atoms with Gasteiger partial charge in [0.25, 0.3) is 0 Å². The number of fused-ring (bicyclic) bond motifs is 1. The second-order valence-corrected chi connectivity index (χ2v) is 11.0. The van der Waals surface area contributed by atoms with Gasteiger partial charge in [-0.15, -0.1) is 0 Å². The van der Waals surface area contributed by atoms with E-state index in [0.29, 0.717) is 10.5 Å². The van der Waals surface area contributed by atoms with E-state index in [1.54, 1.807) is 0 Å². The van der Waals surface area contributed by atoms with Gasteiger partial charge in [-0.1, -0.05) is 96.5 Å². The van der Waals surface area contributed by atoms with Crippen molar-refractivity contribution in [3.63, 3.8) is 0 Å². The molecule has 0 unspecified atom stereocenters. The second kappa shape index (κ2) is 11.1. The van der Waals surface area contributed by atoms with Crippen molar-refractivity contribution in [2.75, 3.05) is 13.2 Å². The molecule has 1 heterocycles. The summed E-state index contributed by atoms with van der Waals surface area (Å²) in [5, 5.41) is 2.46. The fourth-order valence-corrected chi connectivity index (χ4v) is 7.04. The Labute approximate surface area is 223 Å². The fraction of sp³-hybridized carbons (Fsp3) is 0.161. The van der Waals surface area contributed by atoms with E-state index in [2.05, 4.69) is 59.2 Å². The first-order valence-corrected chi connectivity index (χ1v) is 14.4. The van der Waals surface area contributed by atoms with Gasteiger partial charge >= 0.3 is 7.60 Å². The number of halogens is 1. The van der Waals surface area contributed by atoms with Gasteiger partial charge in [-0.25, -0.2) is 0 Å². The zero-order valence-electron chi connectivity index (χ0n) is 20.9. The minimum Gasteiger partial charge on any atom is -0.305 e. The smallest absolute Gasteiger partial charge is 0.305 e. The van der Waals surface area contributed by atoms with E-state index in [-0.39, 0.29) is 19.1 Å². The van der Waals surface area contributed by atoms with Gasteiger partial charge in [-0.05, 0) is 49.2 Å². The van der Waals surface area contributed by atoms with Crippen LogP contribution in [0.5, 0.6) is 0 Å². The van der Waals surface area contributed by atoms with Crippen molar-refractivity contribution in [2.45, 2.75) is 19.8 Å². The first-order valence-electron chi connectivity index (χ1n) is 12.5. The predicted molar refractivity (Wildman–Crippen MR) is 153 cm³/mol. The lowest BCUT2D eigenvalue weighted by Gasteiger charge is -2.25. The molecule has 1 aromatic heterocycles. The van der Waals surface area contributed by atoms with Gasteiger partial charge in [0.15, 0.2) is 0 Å². The standard InChI is InChI=1S/C31H29ClNO3P/c1-3-35-37(34,36-4-2)31-28-18-12-11-17-27(28)30(33(31)26-21-19-25(32)20-22-26)29(23-13-7-5-8-14-23)24-15-9-6-10-16-24/h5-22,29H,3-4H2,1-2H3. The third kappa shape index (κ3) is 4.91. The number of benzene rings is 4. The minimum atomic E-state index is -3.70. The summed E-state index contributed by atoms with van der Waals surface area (Å²) in [5.74, 6) is -0.145. The van der Waals surface area contributed by atoms with Crippen LogP contribution in [0.4, 0.5) is 0 Å². The summed E-state index contributed by atoms with van der Waals surface area (Å²) in [5.41, 5.74) is 4.61. The summed E-state index contributed by atoms with van der Waals surface area (Å²) in [6.45, 7) is 4.18. The van der Waals surface area contributed by atoms with Gasteiger partial charge in [0, 0.05) is 27.2 Å². The van der Waals surface area contributed by atoms with Crippen LogP contribution in [0.25, 0.3) is 16.5 Å². The molecule has 0 amide bonds. The summed E-state index contributed by atoms with van der Waals surface area (Å²) >= 11 is 6.29. The molecule has 188 valence electrons. The zero-order valence-corrected chi connectivity index (χ0v) is 22.5. The van der Waals surface area contributed by atoms with Crippen LogP contribution in [0.2, 0.25) is 5.02 Å². The lowest BCUT2D eigenvalue weighted by Crippen LogP contribution is -2.23. The molecular weight excluding hydrogens is 501 g/mol. The molecule has 0 aliphatic carbocycles. The molecule has 0 aliphatic heterocycles. The molecule has 0 fully saturated rings. The molecule has 5 aromatic rings. The van der Waals surface area contributed by atoms with E-state index >= 15 is 0 Å². The van der Waals surface area contributed by atoms with Gasteiger partial charge in [0.2, 0.25) is 0 Å². The molecule has 37 heavy (non-hydrogen) atoms. The Hall–Kier alpha value is -3.14. The topological polar surface area (TPSA) is 40.5 Å². The highest BCUT2D eigenvalue weighted by atomic mass is 35.5. The Morgan fingerprint density at radius 2 is 1.19 bits per heavy atom. The van der Waals surface area contributed by atoms with E-state index in [1.807, 2.05) is 68.4 Å². The van der Waals surface area contributed by atoms with Crippen molar-refractivity contribution >= 4 is 35.4 Å². The van der Waals surface area contributed by atoms with Crippen LogP contribution in [0.1, 0.15) is 36.6 Å². The molecule has 0 aliphatic rings. The normalized spacial score (nSPS) is 11.9. The van der Waals surface area contributed by atoms with Crippen LogP contribution in [-0.4, -0.2) is 17.8 Å². The molecule has 5 rings (SSSR count). The quantitative estimate of drug-likeness (QED) is 0.180. The van der Waals surface area contributed by atoms with Crippen molar-refractivity contribution < 1.29 is 13.6 Å². The van der Waals surface area contributed by atoms with Crippen LogP contribution in [0.15, 0.2) is 109 Å². The van der Waals surface area contributed by atoms with Crippen LogP contribution in [0, 0.1) is 0 Å². The number of nitrogens with zero attached hydrogens (tertiary/aromatic N) is 1. The molecule has 0 bridgehead atoms. The Balaban J connectivity index is 1.95. The lowest BCUT2D eigenvalue weighted by atomic mass is 9.87. The van der Waals surface area contributed by atoms with Crippen molar-refractivity contribution in [2.24, 2.45) is 0 Å². The molecular formula is C31H29ClNO3P. The number of hydrogen-bond acceptors (Lipinski definition) is 3. The Morgan fingerprint density at radius 3 is 1.70 bits per heavy atom. The first-order chi connectivity index (χ1) is 18.1. The Bertz CT molecular complexity index is 1480. The van der Waals surface area contributed by atoms with Crippen LogP contribution < -0.4 is 5.44 Å². The average Bonchev–Trinajstić information content (AvgIpc) is 3.26. The largest absolute Gasteiger partial charge is 0.378 e. The van der Waals surface area contributed by atoms with E-state index < -0.39 is 7.60 Å². The minimum absolute atomic E-state index is 0.145. The number of rotatable bonds is 9. The maximum atomic E-state index is 14.5. The summed E-state index contributed by atoms with van der Waals surface area (Å²) in [6, 6.07) is 36.4. The summed E-state index contributed by atoms with van der Waals surface area (Å²) in [4.78, 5) is 0. The zero-order chi connectivity index (χ0) is 25.8. The van der Waals surface area contributed by atoms with Gasteiger partial charge in [0.05, 0.1) is 19.1 Å². The van der Waals surface area contributed by atoms with Crippen molar-refractivity contribution in [3.05, 3.63) is 131 Å². The number of hydrogen-bond donors (Lipinski definition) is 0. The maximum absolute atomic E-state index is 14.5. The van der Waals surface area contributed by atoms with E-state index in [9.17, 15) is 4.57 Å². The van der Waals surface area contributed by atoms with Crippen molar-refractivity contribution in [1.29, 1.82) is 0 Å². The Morgan fingerprint density at radius 1 is 0.703 bits per heavy atom. The number of aromatic nitrogens is 1. The SMILES string of the molecule is CCOP(=O)(OCC)c1c2ccccc2c(C(c2ccccc2)c2ccccc2)n1-c1ccc(Cl)cc1. The molecule has 0 saturated carbocycles. The monoisotopic (exact) mass is 529 g/mol. The molecule has 6 heteroatoms. The van der Waals surface area contributed by atoms with Crippen LogP contribution in [-0.2, 0) is 13.6 Å². The molecule has 0 atom stereocenters. The summed E-state index contributed by atoms with van der Waals surface area (Å²) in [7, 11) is -3.70.